The Morgan fingerprint density at radius 1 is 0.978 bits per heavy atom. The number of carbonyl (C=O) groups excluding carboxylic acids is 2. The topological polar surface area (TPSA) is 94.0 Å². The van der Waals surface area contributed by atoms with Crippen LogP contribution in [0.25, 0.3) is 16.6 Å². The van der Waals surface area contributed by atoms with Gasteiger partial charge in [-0.05, 0) is 68.4 Å². The average molecular weight is 643 g/mol. The van der Waals surface area contributed by atoms with Crippen LogP contribution in [0, 0.1) is 0 Å². The number of aromatic nitrogens is 2. The van der Waals surface area contributed by atoms with Gasteiger partial charge in [0.2, 0.25) is 0 Å². The van der Waals surface area contributed by atoms with Crippen LogP contribution in [0.15, 0.2) is 71.5 Å². The molecule has 1 aromatic heterocycles. The van der Waals surface area contributed by atoms with E-state index in [1.165, 1.54) is 10.6 Å². The first-order valence-corrected chi connectivity index (χ1v) is 14.6. The zero-order valence-electron chi connectivity index (χ0n) is 24.5. The summed E-state index contributed by atoms with van der Waals surface area (Å²) in [6, 6.07) is 16.7. The minimum absolute atomic E-state index is 0.0229. The summed E-state index contributed by atoms with van der Waals surface area (Å²) in [6.07, 6.45) is -5.49. The predicted octanol–water partition coefficient (Wildman–Crippen LogP) is 5.29. The third-order valence-electron chi connectivity index (χ3n) is 7.19. The molecule has 0 radical (unpaired) electrons. The van der Waals surface area contributed by atoms with Gasteiger partial charge in [-0.2, -0.15) is 13.2 Å². The third kappa shape index (κ3) is 7.46. The molecule has 1 saturated heterocycles. The van der Waals surface area contributed by atoms with Crippen molar-refractivity contribution in [2.45, 2.75) is 32.7 Å². The van der Waals surface area contributed by atoms with Crippen LogP contribution in [0.5, 0.6) is 11.5 Å². The largest absolute Gasteiger partial charge is 0.489 e. The monoisotopic (exact) mass is 642 g/mol. The molecule has 0 atom stereocenters. The molecule has 13 heteroatoms. The quantitative estimate of drug-likeness (QED) is 0.229. The van der Waals surface area contributed by atoms with Crippen LogP contribution in [0.3, 0.4) is 0 Å². The summed E-state index contributed by atoms with van der Waals surface area (Å²) in [5.41, 5.74) is -0.762. The Bertz CT molecular complexity index is 1770. The van der Waals surface area contributed by atoms with Crippen molar-refractivity contribution in [2.24, 2.45) is 0 Å². The molecule has 1 aliphatic rings. The van der Waals surface area contributed by atoms with E-state index in [0.717, 1.165) is 12.1 Å². The van der Waals surface area contributed by atoms with E-state index < -0.39 is 23.1 Å². The highest BCUT2D eigenvalue weighted by atomic mass is 35.5. The predicted molar refractivity (Wildman–Crippen MR) is 162 cm³/mol. The Morgan fingerprint density at radius 3 is 2.33 bits per heavy atom. The zero-order chi connectivity index (χ0) is 32.3. The maximum absolute atomic E-state index is 13.9. The number of hydrogen-bond donors (Lipinski definition) is 0. The number of ketones is 1. The van der Waals surface area contributed by atoms with E-state index >= 15 is 0 Å². The number of rotatable bonds is 9. The lowest BCUT2D eigenvalue weighted by molar-refractivity contribution is -0.135. The number of Topliss-reactive ketones (excluding diaryl/α,β-unsaturated/α-hetero) is 1. The lowest BCUT2D eigenvalue weighted by atomic mass is 10.1. The van der Waals surface area contributed by atoms with Gasteiger partial charge in [0, 0.05) is 36.8 Å². The van der Waals surface area contributed by atoms with Crippen molar-refractivity contribution in [3.63, 3.8) is 0 Å². The first-order chi connectivity index (χ1) is 21.4. The van der Waals surface area contributed by atoms with Gasteiger partial charge in [0.1, 0.15) is 17.3 Å². The summed E-state index contributed by atoms with van der Waals surface area (Å²) in [5.74, 6) is -1.33. The summed E-state index contributed by atoms with van der Waals surface area (Å²) < 4.78 is 52.8. The van der Waals surface area contributed by atoms with Gasteiger partial charge in [0.25, 0.3) is 17.2 Å². The van der Waals surface area contributed by atoms with Crippen molar-refractivity contribution in [3.8, 4) is 17.2 Å². The molecular formula is C32H30ClF3N4O5. The Balaban J connectivity index is 1.43. The van der Waals surface area contributed by atoms with E-state index in [1.54, 1.807) is 67.3 Å². The van der Waals surface area contributed by atoms with E-state index in [9.17, 15) is 27.6 Å². The van der Waals surface area contributed by atoms with E-state index in [1.807, 2.05) is 4.90 Å². The molecule has 1 aliphatic heterocycles. The van der Waals surface area contributed by atoms with Crippen molar-refractivity contribution < 1.29 is 32.2 Å². The highest BCUT2D eigenvalue weighted by Crippen LogP contribution is 2.30. The van der Waals surface area contributed by atoms with Gasteiger partial charge < -0.3 is 14.4 Å². The molecule has 0 saturated carbocycles. The fraction of sp³-hybridized carbons (Fsp3) is 0.312. The number of fused-ring (bicyclic) bond motifs is 1. The molecule has 0 bridgehead atoms. The maximum atomic E-state index is 13.9. The molecule has 236 valence electrons. The number of piperazine rings is 1. The third-order valence-corrected chi connectivity index (χ3v) is 7.45. The van der Waals surface area contributed by atoms with Crippen LogP contribution in [0.1, 0.15) is 30.0 Å². The number of ether oxygens (including phenoxy) is 2. The Morgan fingerprint density at radius 2 is 1.67 bits per heavy atom. The average Bonchev–Trinajstić information content (AvgIpc) is 3.00. The number of nitrogens with zero attached hydrogens (tertiary/aromatic N) is 4. The zero-order valence-corrected chi connectivity index (χ0v) is 25.3. The second-order valence-electron chi connectivity index (χ2n) is 10.8. The fourth-order valence-corrected chi connectivity index (χ4v) is 5.13. The first kappa shape index (κ1) is 32.0. The van der Waals surface area contributed by atoms with Gasteiger partial charge in [-0.25, -0.2) is 4.98 Å². The van der Waals surface area contributed by atoms with Gasteiger partial charge in [0.05, 0.1) is 29.2 Å². The van der Waals surface area contributed by atoms with Gasteiger partial charge in [-0.15, -0.1) is 0 Å². The molecule has 9 nitrogen and oxygen atoms in total. The van der Waals surface area contributed by atoms with Crippen LogP contribution in [0.4, 0.5) is 13.2 Å². The first-order valence-electron chi connectivity index (χ1n) is 14.2. The van der Waals surface area contributed by atoms with E-state index in [2.05, 4.69) is 0 Å². The van der Waals surface area contributed by atoms with Crippen LogP contribution in [-0.2, 0) is 11.3 Å². The molecule has 1 amide bonds. The molecule has 3 aromatic carbocycles. The number of para-hydroxylation sites is 1. The summed E-state index contributed by atoms with van der Waals surface area (Å²) in [5, 5.41) is 0.808. The number of hydrogen-bond acceptors (Lipinski definition) is 7. The van der Waals surface area contributed by atoms with Crippen molar-refractivity contribution in [1.29, 1.82) is 0 Å². The van der Waals surface area contributed by atoms with Crippen LogP contribution in [0.2, 0.25) is 5.02 Å². The number of amides is 1. The number of alkyl halides is 3. The van der Waals surface area contributed by atoms with Crippen LogP contribution >= 0.6 is 11.6 Å². The minimum atomic E-state index is -5.11. The molecule has 0 aliphatic carbocycles. The number of benzene rings is 3. The molecule has 5 rings (SSSR count). The molecule has 1 fully saturated rings. The van der Waals surface area contributed by atoms with Gasteiger partial charge in [-0.3, -0.25) is 23.9 Å². The molecule has 4 aromatic rings. The van der Waals surface area contributed by atoms with Gasteiger partial charge in [0.15, 0.2) is 6.61 Å². The normalized spacial score (nSPS) is 14.2. The van der Waals surface area contributed by atoms with E-state index in [4.69, 9.17) is 26.1 Å². The minimum Gasteiger partial charge on any atom is -0.489 e. The molecular weight excluding hydrogens is 613 g/mol. The molecule has 45 heavy (non-hydrogen) atoms. The smallest absolute Gasteiger partial charge is 0.454 e. The number of carbonyl (C=O) groups is 2. The summed E-state index contributed by atoms with van der Waals surface area (Å²) in [7, 11) is 0. The number of halogens is 4. The maximum Gasteiger partial charge on any atom is 0.454 e. The summed E-state index contributed by atoms with van der Waals surface area (Å²) >= 11 is 5.89. The lowest BCUT2D eigenvalue weighted by Gasteiger charge is -2.34. The van der Waals surface area contributed by atoms with Gasteiger partial charge >= 0.3 is 6.18 Å². The molecule has 0 N–H and O–H groups in total. The van der Waals surface area contributed by atoms with Gasteiger partial charge in [-0.1, -0.05) is 23.7 Å². The van der Waals surface area contributed by atoms with Crippen LogP contribution < -0.4 is 15.0 Å². The Hall–Kier alpha value is -4.42. The van der Waals surface area contributed by atoms with E-state index in [0.29, 0.717) is 42.5 Å². The standard InChI is InChI=1S/C32H30ClF3N4O5/c1-20(2)45-27-12-7-21(30(42)32(34,35)36)17-26(27)40-28(37-25-6-4-3-5-24(25)31(40)43)18-38-13-15-39(16-14-38)29(41)19-44-23-10-8-22(33)9-11-23/h3-12,17,20H,13-16,18-19H2,1-2H3. The molecule has 0 spiro atoms. The lowest BCUT2D eigenvalue weighted by Crippen LogP contribution is -2.50. The second kappa shape index (κ2) is 13.3. The SMILES string of the molecule is CC(C)Oc1ccc(C(=O)C(F)(F)F)cc1-n1c(CN2CCN(C(=O)COc3ccc(Cl)cc3)CC2)nc2ccccc2c1=O. The Kier molecular flexibility index (Phi) is 9.45. The summed E-state index contributed by atoms with van der Waals surface area (Å²) in [6.45, 7) is 5.13. The van der Waals surface area contributed by atoms with Crippen molar-refractivity contribution in [2.75, 3.05) is 32.8 Å². The summed E-state index contributed by atoms with van der Waals surface area (Å²) in [4.78, 5) is 47.3. The molecule has 0 unspecified atom stereocenters. The highest BCUT2D eigenvalue weighted by Gasteiger charge is 2.39. The van der Waals surface area contributed by atoms with Crippen molar-refractivity contribution >= 4 is 34.2 Å². The highest BCUT2D eigenvalue weighted by molar-refractivity contribution is 6.30. The van der Waals surface area contributed by atoms with Crippen molar-refractivity contribution in [1.82, 2.24) is 19.4 Å². The van der Waals surface area contributed by atoms with E-state index in [-0.39, 0.29) is 47.8 Å². The molecule has 2 heterocycles. The van der Waals surface area contributed by atoms with Crippen LogP contribution in [-0.4, -0.2) is 76.1 Å². The van der Waals surface area contributed by atoms with Crippen molar-refractivity contribution in [3.05, 3.63) is 93.5 Å². The fourth-order valence-electron chi connectivity index (χ4n) is 5.01. The second-order valence-corrected chi connectivity index (χ2v) is 11.2. The Labute approximate surface area is 261 Å².